The van der Waals surface area contributed by atoms with Gasteiger partial charge in [0.1, 0.15) is 15.0 Å². The molecule has 0 aliphatic heterocycles. The molecule has 0 atom stereocenters. The highest BCUT2D eigenvalue weighted by Gasteiger charge is 2.26. The van der Waals surface area contributed by atoms with Gasteiger partial charge in [-0.25, -0.2) is 8.42 Å². The molecule has 2 rings (SSSR count). The number of hydrogen-bond acceptors (Lipinski definition) is 6. The van der Waals surface area contributed by atoms with Crippen molar-refractivity contribution in [2.24, 2.45) is 5.73 Å². The molecule has 0 radical (unpaired) electrons. The van der Waals surface area contributed by atoms with Crippen LogP contribution in [0.1, 0.15) is 34.6 Å². The van der Waals surface area contributed by atoms with Crippen LogP contribution in [0, 0.1) is 0 Å². The highest BCUT2D eigenvalue weighted by atomic mass is 32.2. The third kappa shape index (κ3) is 3.41. The molecule has 0 saturated carbocycles. The molecule has 9 heteroatoms. The van der Waals surface area contributed by atoms with E-state index in [-0.39, 0.29) is 26.1 Å². The van der Waals surface area contributed by atoms with Crippen molar-refractivity contribution in [3.63, 3.8) is 0 Å². The smallest absolute Gasteiger partial charge is 0.260 e. The Labute approximate surface area is 143 Å². The zero-order valence-corrected chi connectivity index (χ0v) is 14.6. The quantitative estimate of drug-likeness (QED) is 0.744. The molecule has 128 valence electrons. The number of carbonyl (C=O) groups is 2. The lowest BCUT2D eigenvalue weighted by Crippen LogP contribution is -2.16. The Balaban J connectivity index is 2.44. The molecule has 1 aromatic carbocycles. The molecule has 0 fully saturated rings. The first-order chi connectivity index (χ1) is 11.1. The van der Waals surface area contributed by atoms with Crippen molar-refractivity contribution < 1.29 is 23.1 Å². The molecule has 0 aliphatic rings. The SMILES string of the molecule is CC(C)S(=O)(=O)c1cc(C(N)=O)c(NC(=O)c2ccccc2O)s1. The van der Waals surface area contributed by atoms with Crippen molar-refractivity contribution in [1.29, 1.82) is 0 Å². The van der Waals surface area contributed by atoms with Crippen LogP contribution in [0.15, 0.2) is 34.5 Å². The molecular formula is C15H16N2O5S2. The topological polar surface area (TPSA) is 127 Å². The number of nitrogens with one attached hydrogen (secondary N) is 1. The minimum atomic E-state index is -3.61. The molecule has 0 saturated heterocycles. The normalized spacial score (nSPS) is 11.5. The van der Waals surface area contributed by atoms with E-state index in [1.54, 1.807) is 12.1 Å². The summed E-state index contributed by atoms with van der Waals surface area (Å²) in [6.07, 6.45) is 0. The van der Waals surface area contributed by atoms with E-state index in [4.69, 9.17) is 5.73 Å². The Morgan fingerprint density at radius 3 is 2.38 bits per heavy atom. The van der Waals surface area contributed by atoms with Crippen LogP contribution in [0.4, 0.5) is 5.00 Å². The average molecular weight is 368 g/mol. The number of anilines is 1. The zero-order valence-electron chi connectivity index (χ0n) is 12.9. The second-order valence-electron chi connectivity index (χ2n) is 5.24. The minimum Gasteiger partial charge on any atom is -0.507 e. The van der Waals surface area contributed by atoms with Gasteiger partial charge in [-0.05, 0) is 32.0 Å². The van der Waals surface area contributed by atoms with Crippen LogP contribution in [-0.4, -0.2) is 30.6 Å². The third-order valence-electron chi connectivity index (χ3n) is 3.25. The minimum absolute atomic E-state index is 0.00501. The summed E-state index contributed by atoms with van der Waals surface area (Å²) in [7, 11) is -3.61. The molecular weight excluding hydrogens is 352 g/mol. The molecule has 2 aromatic rings. The fourth-order valence-corrected chi connectivity index (χ4v) is 4.68. The van der Waals surface area contributed by atoms with Gasteiger partial charge >= 0.3 is 0 Å². The Hall–Kier alpha value is -2.39. The van der Waals surface area contributed by atoms with Crippen LogP contribution in [0.25, 0.3) is 0 Å². The van der Waals surface area contributed by atoms with Crippen LogP contribution in [0.3, 0.4) is 0 Å². The lowest BCUT2D eigenvalue weighted by Gasteiger charge is -2.06. The Bertz CT molecular complexity index is 900. The van der Waals surface area contributed by atoms with Gasteiger partial charge in [0, 0.05) is 0 Å². The average Bonchev–Trinajstić information content (AvgIpc) is 2.92. The number of nitrogens with two attached hydrogens (primary N) is 1. The standard InChI is InChI=1S/C15H16N2O5S2/c1-8(2)24(21,22)12-7-10(13(16)19)15(23-12)17-14(20)9-5-3-4-6-11(9)18/h3-8,18H,1-2H3,(H2,16,19)(H,17,20). The van der Waals surface area contributed by atoms with Crippen LogP contribution in [0.5, 0.6) is 5.75 Å². The number of para-hydroxylation sites is 1. The van der Waals surface area contributed by atoms with Gasteiger partial charge in [-0.2, -0.15) is 0 Å². The van der Waals surface area contributed by atoms with Gasteiger partial charge < -0.3 is 16.2 Å². The largest absolute Gasteiger partial charge is 0.507 e. The van der Waals surface area contributed by atoms with E-state index in [0.29, 0.717) is 0 Å². The highest BCUT2D eigenvalue weighted by Crippen LogP contribution is 2.34. The van der Waals surface area contributed by atoms with Gasteiger partial charge in [0.05, 0.1) is 16.4 Å². The molecule has 1 heterocycles. The van der Waals surface area contributed by atoms with Crippen molar-refractivity contribution in [3.05, 3.63) is 41.5 Å². The predicted octanol–water partition coefficient (Wildman–Crippen LogP) is 1.99. The van der Waals surface area contributed by atoms with E-state index >= 15 is 0 Å². The number of thiophene rings is 1. The summed E-state index contributed by atoms with van der Waals surface area (Å²) < 4.78 is 24.4. The molecule has 7 nitrogen and oxygen atoms in total. The summed E-state index contributed by atoms with van der Waals surface area (Å²) in [4.78, 5) is 23.8. The van der Waals surface area contributed by atoms with E-state index in [2.05, 4.69) is 5.32 Å². The van der Waals surface area contributed by atoms with Gasteiger partial charge in [-0.15, -0.1) is 11.3 Å². The lowest BCUT2D eigenvalue weighted by molar-refractivity contribution is 0.100. The summed E-state index contributed by atoms with van der Waals surface area (Å²) in [5.74, 6) is -1.77. The van der Waals surface area contributed by atoms with Crippen LogP contribution in [0.2, 0.25) is 0 Å². The second kappa shape index (κ2) is 6.62. The summed E-state index contributed by atoms with van der Waals surface area (Å²) in [6, 6.07) is 7.01. The number of benzene rings is 1. The number of phenolic OH excluding ortho intramolecular Hbond substituents is 1. The number of carbonyl (C=O) groups excluding carboxylic acids is 2. The van der Waals surface area contributed by atoms with Crippen molar-refractivity contribution in [2.45, 2.75) is 23.3 Å². The number of rotatable bonds is 5. The van der Waals surface area contributed by atoms with Crippen molar-refractivity contribution >= 4 is 38.0 Å². The van der Waals surface area contributed by atoms with Crippen LogP contribution >= 0.6 is 11.3 Å². The van der Waals surface area contributed by atoms with Crippen molar-refractivity contribution in [1.82, 2.24) is 0 Å². The summed E-state index contributed by atoms with van der Waals surface area (Å²) in [5.41, 5.74) is 5.16. The summed E-state index contributed by atoms with van der Waals surface area (Å²) in [6.45, 7) is 3.03. The van der Waals surface area contributed by atoms with Gasteiger partial charge in [-0.3, -0.25) is 9.59 Å². The fraction of sp³-hybridized carbons (Fsp3) is 0.200. The first-order valence-corrected chi connectivity index (χ1v) is 9.27. The number of primary amides is 1. The number of aromatic hydroxyl groups is 1. The lowest BCUT2D eigenvalue weighted by atomic mass is 10.2. The fourth-order valence-electron chi connectivity index (χ4n) is 1.85. The number of amides is 2. The summed E-state index contributed by atoms with van der Waals surface area (Å²) in [5, 5.41) is 11.5. The molecule has 1 aromatic heterocycles. The Kier molecular flexibility index (Phi) is 4.95. The van der Waals surface area contributed by atoms with E-state index in [1.165, 1.54) is 26.0 Å². The number of sulfone groups is 1. The zero-order chi connectivity index (χ0) is 18.1. The molecule has 0 bridgehead atoms. The summed E-state index contributed by atoms with van der Waals surface area (Å²) >= 11 is 0.750. The van der Waals surface area contributed by atoms with E-state index in [0.717, 1.165) is 17.4 Å². The molecule has 24 heavy (non-hydrogen) atoms. The van der Waals surface area contributed by atoms with Gasteiger partial charge in [0.15, 0.2) is 9.84 Å². The first kappa shape index (κ1) is 18.0. The highest BCUT2D eigenvalue weighted by molar-refractivity contribution is 7.94. The maximum Gasteiger partial charge on any atom is 0.260 e. The first-order valence-electron chi connectivity index (χ1n) is 6.91. The van der Waals surface area contributed by atoms with Crippen molar-refractivity contribution in [3.8, 4) is 5.75 Å². The maximum absolute atomic E-state index is 12.2. The number of hydrogen-bond donors (Lipinski definition) is 3. The van der Waals surface area contributed by atoms with Gasteiger partial charge in [-0.1, -0.05) is 12.1 Å². The predicted molar refractivity (Wildman–Crippen MR) is 91.2 cm³/mol. The van der Waals surface area contributed by atoms with Gasteiger partial charge in [0.2, 0.25) is 0 Å². The Morgan fingerprint density at radius 1 is 1.21 bits per heavy atom. The van der Waals surface area contributed by atoms with Crippen LogP contribution < -0.4 is 11.1 Å². The van der Waals surface area contributed by atoms with Crippen LogP contribution in [-0.2, 0) is 9.84 Å². The molecule has 4 N–H and O–H groups in total. The van der Waals surface area contributed by atoms with E-state index in [1.807, 2.05) is 0 Å². The monoisotopic (exact) mass is 368 g/mol. The van der Waals surface area contributed by atoms with E-state index < -0.39 is 26.9 Å². The molecule has 2 amide bonds. The molecule has 0 aliphatic carbocycles. The number of phenols is 1. The van der Waals surface area contributed by atoms with Gasteiger partial charge in [0.25, 0.3) is 11.8 Å². The maximum atomic E-state index is 12.2. The van der Waals surface area contributed by atoms with Crippen molar-refractivity contribution in [2.75, 3.05) is 5.32 Å². The third-order valence-corrected chi connectivity index (χ3v) is 6.96. The Morgan fingerprint density at radius 2 is 1.83 bits per heavy atom. The molecule has 0 unspecified atom stereocenters. The molecule has 0 spiro atoms. The second-order valence-corrected chi connectivity index (χ2v) is 9.02. The van der Waals surface area contributed by atoms with E-state index in [9.17, 15) is 23.1 Å².